The first kappa shape index (κ1) is 22.1. The van der Waals surface area contributed by atoms with Crippen molar-refractivity contribution in [3.05, 3.63) is 28.8 Å². The molecule has 1 amide bonds. The summed E-state index contributed by atoms with van der Waals surface area (Å²) in [5.41, 5.74) is 0.259. The highest BCUT2D eigenvalue weighted by Crippen LogP contribution is 2.29. The van der Waals surface area contributed by atoms with Crippen molar-refractivity contribution >= 4 is 33.5 Å². The number of sulfonamides is 1. The van der Waals surface area contributed by atoms with Gasteiger partial charge in [-0.05, 0) is 50.8 Å². The van der Waals surface area contributed by atoms with Crippen molar-refractivity contribution in [1.82, 2.24) is 9.21 Å². The first-order chi connectivity index (χ1) is 13.8. The number of nitrogens with zero attached hydrogens (tertiary/aromatic N) is 2. The number of benzene rings is 1. The lowest BCUT2D eigenvalue weighted by Gasteiger charge is -2.32. The van der Waals surface area contributed by atoms with Crippen LogP contribution in [0.25, 0.3) is 0 Å². The predicted octanol–water partition coefficient (Wildman–Crippen LogP) is 2.93. The van der Waals surface area contributed by atoms with Gasteiger partial charge in [-0.3, -0.25) is 9.59 Å². The van der Waals surface area contributed by atoms with E-state index in [0.29, 0.717) is 39.1 Å². The Kier molecular flexibility index (Phi) is 7.19. The van der Waals surface area contributed by atoms with Gasteiger partial charge in [0.1, 0.15) is 4.90 Å². The summed E-state index contributed by atoms with van der Waals surface area (Å²) in [5.74, 6) is -0.947. The third-order valence-corrected chi connectivity index (χ3v) is 7.82. The van der Waals surface area contributed by atoms with Gasteiger partial charge in [0.2, 0.25) is 10.0 Å². The second-order valence-corrected chi connectivity index (χ2v) is 9.77. The molecule has 2 saturated heterocycles. The molecule has 0 bridgehead atoms. The van der Waals surface area contributed by atoms with Crippen LogP contribution in [0, 0.1) is 5.92 Å². The van der Waals surface area contributed by atoms with Crippen LogP contribution in [-0.4, -0.2) is 62.3 Å². The number of esters is 1. The van der Waals surface area contributed by atoms with Gasteiger partial charge in [0.05, 0.1) is 17.5 Å². The van der Waals surface area contributed by atoms with E-state index in [1.165, 1.54) is 22.5 Å². The molecule has 0 radical (unpaired) electrons. The van der Waals surface area contributed by atoms with Crippen molar-refractivity contribution in [3.8, 4) is 0 Å². The number of hydrogen-bond acceptors (Lipinski definition) is 5. The van der Waals surface area contributed by atoms with Gasteiger partial charge < -0.3 is 9.64 Å². The summed E-state index contributed by atoms with van der Waals surface area (Å²) >= 11 is 6.20. The van der Waals surface area contributed by atoms with Crippen LogP contribution >= 0.6 is 11.6 Å². The maximum atomic E-state index is 13.0. The Bertz CT molecular complexity index is 868. The zero-order chi connectivity index (χ0) is 21.0. The number of halogens is 1. The molecule has 1 aromatic carbocycles. The van der Waals surface area contributed by atoms with Crippen LogP contribution in [0.15, 0.2) is 23.1 Å². The van der Waals surface area contributed by atoms with Crippen molar-refractivity contribution in [3.63, 3.8) is 0 Å². The highest BCUT2D eigenvalue weighted by Gasteiger charge is 2.32. The number of carbonyl (C=O) groups excluding carboxylic acids is 2. The Hall–Kier alpha value is -1.64. The van der Waals surface area contributed by atoms with Crippen molar-refractivity contribution in [2.24, 2.45) is 5.92 Å². The van der Waals surface area contributed by atoms with E-state index >= 15 is 0 Å². The molecule has 0 spiro atoms. The summed E-state index contributed by atoms with van der Waals surface area (Å²) in [6.45, 7) is 3.77. The summed E-state index contributed by atoms with van der Waals surface area (Å²) < 4.78 is 32.6. The average molecular weight is 443 g/mol. The normalized spacial score (nSPS) is 21.0. The lowest BCUT2D eigenvalue weighted by molar-refractivity contribution is -0.149. The molecule has 2 aliphatic heterocycles. The Morgan fingerprint density at radius 2 is 1.86 bits per heavy atom. The van der Waals surface area contributed by atoms with Crippen molar-refractivity contribution in [1.29, 1.82) is 0 Å². The molecule has 2 fully saturated rings. The molecule has 0 saturated carbocycles. The Balaban J connectivity index is 1.81. The quantitative estimate of drug-likeness (QED) is 0.654. The number of ether oxygens (including phenoxy) is 1. The molecule has 2 heterocycles. The second-order valence-electron chi connectivity index (χ2n) is 7.45. The minimum Gasteiger partial charge on any atom is -0.466 e. The van der Waals surface area contributed by atoms with Crippen molar-refractivity contribution < 1.29 is 22.7 Å². The van der Waals surface area contributed by atoms with Gasteiger partial charge in [0.15, 0.2) is 0 Å². The van der Waals surface area contributed by atoms with E-state index in [0.717, 1.165) is 19.3 Å². The first-order valence-corrected chi connectivity index (χ1v) is 11.9. The Labute approximate surface area is 177 Å². The average Bonchev–Trinajstić information content (AvgIpc) is 2.74. The van der Waals surface area contributed by atoms with E-state index in [9.17, 15) is 18.0 Å². The standard InChI is InChI=1S/C20H27ClN2O5S/c1-2-28-20(25)16-7-6-10-22(14-16)19(24)15-8-9-17(21)18(13-15)29(26,27)23-11-4-3-5-12-23/h8-9,13,16H,2-7,10-12,14H2,1H3/t16-/m1/s1. The van der Waals surface area contributed by atoms with Crippen LogP contribution in [0.1, 0.15) is 49.4 Å². The largest absolute Gasteiger partial charge is 0.466 e. The second kappa shape index (κ2) is 9.45. The molecule has 1 aromatic rings. The third kappa shape index (κ3) is 4.92. The molecular weight excluding hydrogens is 416 g/mol. The molecule has 160 valence electrons. The Morgan fingerprint density at radius 3 is 2.55 bits per heavy atom. The minimum absolute atomic E-state index is 0.0362. The van der Waals surface area contributed by atoms with Gasteiger partial charge in [0, 0.05) is 31.7 Å². The maximum absolute atomic E-state index is 13.0. The first-order valence-electron chi connectivity index (χ1n) is 10.1. The maximum Gasteiger partial charge on any atom is 0.310 e. The van der Waals surface area contributed by atoms with Crippen molar-refractivity contribution in [2.75, 3.05) is 32.8 Å². The number of hydrogen-bond donors (Lipinski definition) is 0. The minimum atomic E-state index is -3.75. The molecule has 0 aromatic heterocycles. The van der Waals surface area contributed by atoms with Crippen LogP contribution in [0.5, 0.6) is 0 Å². The summed E-state index contributed by atoms with van der Waals surface area (Å²) in [5, 5.41) is 0.107. The summed E-state index contributed by atoms with van der Waals surface area (Å²) in [4.78, 5) is 26.6. The molecule has 3 rings (SSSR count). The van der Waals surface area contributed by atoms with Crippen LogP contribution in [0.3, 0.4) is 0 Å². The van der Waals surface area contributed by atoms with Crippen LogP contribution in [-0.2, 0) is 19.6 Å². The molecule has 0 unspecified atom stereocenters. The lowest BCUT2D eigenvalue weighted by atomic mass is 9.97. The van der Waals surface area contributed by atoms with E-state index in [2.05, 4.69) is 0 Å². The van der Waals surface area contributed by atoms with Gasteiger partial charge in [0.25, 0.3) is 5.91 Å². The molecule has 29 heavy (non-hydrogen) atoms. The van der Waals surface area contributed by atoms with Gasteiger partial charge in [-0.15, -0.1) is 0 Å². The number of piperidine rings is 2. The fourth-order valence-electron chi connectivity index (χ4n) is 3.88. The number of amides is 1. The fourth-order valence-corrected chi connectivity index (χ4v) is 5.89. The molecule has 7 nitrogen and oxygen atoms in total. The van der Waals surface area contributed by atoms with E-state index in [-0.39, 0.29) is 39.8 Å². The highest BCUT2D eigenvalue weighted by atomic mass is 35.5. The molecule has 2 aliphatic rings. The third-order valence-electron chi connectivity index (χ3n) is 5.44. The molecule has 0 aliphatic carbocycles. The zero-order valence-corrected chi connectivity index (χ0v) is 18.2. The summed E-state index contributed by atoms with van der Waals surface area (Å²) in [7, 11) is -3.75. The SMILES string of the molecule is CCOC(=O)[C@@H]1CCCN(C(=O)c2ccc(Cl)c(S(=O)(=O)N3CCCCC3)c2)C1. The lowest BCUT2D eigenvalue weighted by Crippen LogP contribution is -2.43. The molecule has 0 N–H and O–H groups in total. The predicted molar refractivity (Wildman–Crippen MR) is 109 cm³/mol. The number of rotatable bonds is 5. The van der Waals surface area contributed by atoms with Crippen molar-refractivity contribution in [2.45, 2.75) is 43.9 Å². The number of carbonyl (C=O) groups is 2. The van der Waals surface area contributed by atoms with E-state index in [1.807, 2.05) is 0 Å². The van der Waals surface area contributed by atoms with E-state index in [4.69, 9.17) is 16.3 Å². The van der Waals surface area contributed by atoms with Gasteiger partial charge >= 0.3 is 5.97 Å². The summed E-state index contributed by atoms with van der Waals surface area (Å²) in [6.07, 6.45) is 4.02. The van der Waals surface area contributed by atoms with E-state index < -0.39 is 10.0 Å². The molecule has 9 heteroatoms. The molecule has 1 atom stereocenters. The van der Waals surface area contributed by atoms with Crippen LogP contribution in [0.4, 0.5) is 0 Å². The van der Waals surface area contributed by atoms with Gasteiger partial charge in [-0.1, -0.05) is 18.0 Å². The smallest absolute Gasteiger partial charge is 0.310 e. The number of likely N-dealkylation sites (tertiary alicyclic amines) is 1. The zero-order valence-electron chi connectivity index (χ0n) is 16.6. The van der Waals surface area contributed by atoms with Crippen LogP contribution < -0.4 is 0 Å². The van der Waals surface area contributed by atoms with Gasteiger partial charge in [-0.25, -0.2) is 8.42 Å². The summed E-state index contributed by atoms with van der Waals surface area (Å²) in [6, 6.07) is 4.36. The fraction of sp³-hybridized carbons (Fsp3) is 0.600. The van der Waals surface area contributed by atoms with Gasteiger partial charge in [-0.2, -0.15) is 4.31 Å². The topological polar surface area (TPSA) is 84.0 Å². The monoisotopic (exact) mass is 442 g/mol. The Morgan fingerprint density at radius 1 is 1.14 bits per heavy atom. The highest BCUT2D eigenvalue weighted by molar-refractivity contribution is 7.89. The van der Waals surface area contributed by atoms with E-state index in [1.54, 1.807) is 11.8 Å². The van der Waals surface area contributed by atoms with Crippen LogP contribution in [0.2, 0.25) is 5.02 Å². The molecular formula is C20H27ClN2O5S.